The third kappa shape index (κ3) is 4.05. The molecule has 0 aromatic carbocycles. The molecule has 1 aliphatic carbocycles. The third-order valence-electron chi connectivity index (χ3n) is 3.70. The van der Waals surface area contributed by atoms with E-state index in [1.165, 1.54) is 19.3 Å². The molecular formula is C14H24N2O. The molecule has 1 fully saturated rings. The molecule has 1 rings (SSSR count). The zero-order valence-electron chi connectivity index (χ0n) is 11.0. The summed E-state index contributed by atoms with van der Waals surface area (Å²) in [7, 11) is 0. The van der Waals surface area contributed by atoms with Crippen molar-refractivity contribution in [3.05, 3.63) is 0 Å². The van der Waals surface area contributed by atoms with Crippen LogP contribution in [0.4, 0.5) is 0 Å². The van der Waals surface area contributed by atoms with Crippen molar-refractivity contribution in [1.82, 2.24) is 5.32 Å². The molecule has 1 saturated carbocycles. The lowest BCUT2D eigenvalue weighted by atomic mass is 9.71. The van der Waals surface area contributed by atoms with Gasteiger partial charge in [0.15, 0.2) is 0 Å². The molecule has 3 nitrogen and oxygen atoms in total. The average molecular weight is 236 g/mol. The molecule has 17 heavy (non-hydrogen) atoms. The van der Waals surface area contributed by atoms with Gasteiger partial charge in [-0.25, -0.2) is 0 Å². The molecule has 0 aliphatic heterocycles. The highest BCUT2D eigenvalue weighted by molar-refractivity contribution is 5.78. The van der Waals surface area contributed by atoms with Crippen LogP contribution in [0.2, 0.25) is 0 Å². The van der Waals surface area contributed by atoms with Gasteiger partial charge in [0.05, 0.1) is 5.54 Å². The molecule has 0 aromatic heterocycles. The topological polar surface area (TPSA) is 55.1 Å². The van der Waals surface area contributed by atoms with E-state index in [0.717, 1.165) is 12.8 Å². The van der Waals surface area contributed by atoms with Crippen LogP contribution >= 0.6 is 0 Å². The summed E-state index contributed by atoms with van der Waals surface area (Å²) in [4.78, 5) is 12.0. The molecular weight excluding hydrogens is 212 g/mol. The van der Waals surface area contributed by atoms with Crippen molar-refractivity contribution in [2.24, 2.45) is 11.1 Å². The fraction of sp³-hybridized carbons (Fsp3) is 0.786. The first-order chi connectivity index (χ1) is 7.93. The van der Waals surface area contributed by atoms with Crippen LogP contribution in [0.3, 0.4) is 0 Å². The molecule has 3 heteroatoms. The van der Waals surface area contributed by atoms with Gasteiger partial charge in [-0.1, -0.05) is 25.2 Å². The Morgan fingerprint density at radius 1 is 1.41 bits per heavy atom. The van der Waals surface area contributed by atoms with Crippen LogP contribution in [0.5, 0.6) is 0 Å². The summed E-state index contributed by atoms with van der Waals surface area (Å²) in [5.74, 6) is 2.60. The molecule has 0 atom stereocenters. The highest BCUT2D eigenvalue weighted by Crippen LogP contribution is 2.38. The van der Waals surface area contributed by atoms with Crippen molar-refractivity contribution in [2.45, 2.75) is 57.9 Å². The normalized spacial score (nSPS) is 19.4. The fourth-order valence-corrected chi connectivity index (χ4v) is 2.52. The maximum Gasteiger partial charge on any atom is 0.221 e. The van der Waals surface area contributed by atoms with Crippen LogP contribution in [0.25, 0.3) is 0 Å². The second kappa shape index (κ2) is 5.55. The van der Waals surface area contributed by atoms with Crippen LogP contribution in [0, 0.1) is 17.8 Å². The van der Waals surface area contributed by atoms with E-state index in [9.17, 15) is 4.79 Å². The van der Waals surface area contributed by atoms with Gasteiger partial charge >= 0.3 is 0 Å². The number of hydrogen-bond donors (Lipinski definition) is 2. The molecule has 0 spiro atoms. The van der Waals surface area contributed by atoms with Crippen molar-refractivity contribution in [3.63, 3.8) is 0 Å². The Labute approximate surface area is 105 Å². The lowest BCUT2D eigenvalue weighted by Crippen LogP contribution is -2.46. The Morgan fingerprint density at radius 2 is 2.00 bits per heavy atom. The third-order valence-corrected chi connectivity index (χ3v) is 3.70. The van der Waals surface area contributed by atoms with E-state index in [4.69, 9.17) is 12.2 Å². The van der Waals surface area contributed by atoms with E-state index in [1.807, 2.05) is 13.8 Å². The van der Waals surface area contributed by atoms with E-state index in [2.05, 4.69) is 11.2 Å². The molecule has 3 N–H and O–H groups in total. The highest BCUT2D eigenvalue weighted by atomic mass is 16.1. The van der Waals surface area contributed by atoms with Gasteiger partial charge in [-0.15, -0.1) is 6.42 Å². The van der Waals surface area contributed by atoms with E-state index in [-0.39, 0.29) is 11.3 Å². The second-order valence-electron chi connectivity index (χ2n) is 5.76. The van der Waals surface area contributed by atoms with Gasteiger partial charge < -0.3 is 11.1 Å². The molecule has 0 saturated heterocycles. The van der Waals surface area contributed by atoms with Crippen LogP contribution in [-0.2, 0) is 4.79 Å². The van der Waals surface area contributed by atoms with Crippen molar-refractivity contribution >= 4 is 5.91 Å². The zero-order chi connectivity index (χ0) is 12.9. The molecule has 0 aromatic rings. The van der Waals surface area contributed by atoms with Crippen LogP contribution in [-0.4, -0.2) is 18.0 Å². The molecule has 1 amide bonds. The Hall–Kier alpha value is -1.01. The quantitative estimate of drug-likeness (QED) is 0.731. The first-order valence-corrected chi connectivity index (χ1v) is 6.42. The van der Waals surface area contributed by atoms with E-state index >= 15 is 0 Å². The van der Waals surface area contributed by atoms with Crippen molar-refractivity contribution in [3.8, 4) is 12.3 Å². The van der Waals surface area contributed by atoms with Gasteiger partial charge in [-0.3, -0.25) is 4.79 Å². The minimum atomic E-state index is -0.568. The second-order valence-corrected chi connectivity index (χ2v) is 5.76. The molecule has 0 heterocycles. The van der Waals surface area contributed by atoms with Crippen LogP contribution in [0.15, 0.2) is 0 Å². The summed E-state index contributed by atoms with van der Waals surface area (Å²) < 4.78 is 0. The summed E-state index contributed by atoms with van der Waals surface area (Å²) in [6.45, 7) is 4.26. The average Bonchev–Trinajstić information content (AvgIpc) is 2.29. The fourth-order valence-electron chi connectivity index (χ4n) is 2.52. The van der Waals surface area contributed by atoms with E-state index < -0.39 is 5.54 Å². The number of hydrogen-bond acceptors (Lipinski definition) is 2. The number of nitrogens with two attached hydrogens (primary N) is 1. The molecule has 0 bridgehead atoms. The van der Waals surface area contributed by atoms with Gasteiger partial charge in [-0.05, 0) is 38.6 Å². The Morgan fingerprint density at radius 3 is 2.47 bits per heavy atom. The van der Waals surface area contributed by atoms with Gasteiger partial charge in [0, 0.05) is 6.42 Å². The monoisotopic (exact) mass is 236 g/mol. The number of terminal acetylenes is 1. The number of rotatable bonds is 4. The smallest absolute Gasteiger partial charge is 0.221 e. The lowest BCUT2D eigenvalue weighted by molar-refractivity contribution is -0.124. The van der Waals surface area contributed by atoms with Gasteiger partial charge in [0.25, 0.3) is 0 Å². The summed E-state index contributed by atoms with van der Waals surface area (Å²) in [6, 6.07) is 0. The summed E-state index contributed by atoms with van der Waals surface area (Å²) in [6.07, 6.45) is 11.6. The number of amides is 1. The Kier molecular flexibility index (Phi) is 4.59. The van der Waals surface area contributed by atoms with Crippen LogP contribution < -0.4 is 11.1 Å². The van der Waals surface area contributed by atoms with E-state index in [0.29, 0.717) is 13.0 Å². The molecule has 0 radical (unpaired) electrons. The van der Waals surface area contributed by atoms with Crippen molar-refractivity contribution in [1.29, 1.82) is 0 Å². The maximum absolute atomic E-state index is 12.0. The lowest BCUT2D eigenvalue weighted by Gasteiger charge is -2.36. The first kappa shape index (κ1) is 14.1. The minimum absolute atomic E-state index is 0.00696. The van der Waals surface area contributed by atoms with Crippen molar-refractivity contribution in [2.75, 3.05) is 6.54 Å². The SMILES string of the molecule is C#CC(C)(C)NC(=O)CC1(CN)CCCCC1. The van der Waals surface area contributed by atoms with Gasteiger partial charge in [-0.2, -0.15) is 0 Å². The maximum atomic E-state index is 12.0. The number of carbonyl (C=O) groups excluding carboxylic acids is 1. The summed E-state index contributed by atoms with van der Waals surface area (Å²) in [5, 5.41) is 2.88. The molecule has 96 valence electrons. The Bertz CT molecular complexity index is 309. The van der Waals surface area contributed by atoms with Gasteiger partial charge in [0.2, 0.25) is 5.91 Å². The highest BCUT2D eigenvalue weighted by Gasteiger charge is 2.33. The minimum Gasteiger partial charge on any atom is -0.340 e. The number of nitrogens with one attached hydrogen (secondary N) is 1. The predicted molar refractivity (Wildman–Crippen MR) is 70.2 cm³/mol. The zero-order valence-corrected chi connectivity index (χ0v) is 11.0. The van der Waals surface area contributed by atoms with Crippen molar-refractivity contribution < 1.29 is 4.79 Å². The van der Waals surface area contributed by atoms with Crippen LogP contribution in [0.1, 0.15) is 52.4 Å². The molecule has 1 aliphatic rings. The van der Waals surface area contributed by atoms with Gasteiger partial charge in [0.1, 0.15) is 0 Å². The predicted octanol–water partition coefficient (Wildman–Crippen LogP) is 1.81. The van der Waals surface area contributed by atoms with E-state index in [1.54, 1.807) is 0 Å². The summed E-state index contributed by atoms with van der Waals surface area (Å²) in [5.41, 5.74) is 5.30. The first-order valence-electron chi connectivity index (χ1n) is 6.42. The standard InChI is InChI=1S/C14H24N2O/c1-4-13(2,3)16-12(17)10-14(11-15)8-6-5-7-9-14/h1H,5-11,15H2,2-3H3,(H,16,17). The summed E-state index contributed by atoms with van der Waals surface area (Å²) >= 11 is 0. The molecule has 0 unspecified atom stereocenters. The number of carbonyl (C=O) groups is 1. The largest absolute Gasteiger partial charge is 0.340 e. The Balaban J connectivity index is 2.57.